The van der Waals surface area contributed by atoms with Gasteiger partial charge in [0.1, 0.15) is 16.4 Å². The molecule has 0 bridgehead atoms. The summed E-state index contributed by atoms with van der Waals surface area (Å²) in [6, 6.07) is 12.6. The number of hydrogen-bond acceptors (Lipinski definition) is 5. The minimum atomic E-state index is -5.05. The summed E-state index contributed by atoms with van der Waals surface area (Å²) in [6.07, 6.45) is 2.63. The lowest BCUT2D eigenvalue weighted by Crippen LogP contribution is -2.21. The van der Waals surface area contributed by atoms with Gasteiger partial charge in [-0.15, -0.1) is 13.2 Å². The number of nitrogens with one attached hydrogen (secondary N) is 1. The predicted octanol–water partition coefficient (Wildman–Crippen LogP) is 6.57. The van der Waals surface area contributed by atoms with Crippen LogP contribution in [0.2, 0.25) is 0 Å². The Morgan fingerprint density at radius 3 is 2.39 bits per heavy atom. The van der Waals surface area contributed by atoms with Crippen LogP contribution < -0.4 is 9.46 Å². The van der Waals surface area contributed by atoms with Crippen molar-refractivity contribution in [2.24, 2.45) is 0 Å². The van der Waals surface area contributed by atoms with Gasteiger partial charge in [0.2, 0.25) is 0 Å². The second-order valence-electron chi connectivity index (χ2n) is 7.10. The van der Waals surface area contributed by atoms with E-state index in [9.17, 15) is 26.7 Å². The number of fused-ring (bicyclic) bond motifs is 1. The summed E-state index contributed by atoms with van der Waals surface area (Å²) < 4.78 is 70.8. The second-order valence-corrected chi connectivity index (χ2v) is 9.87. The lowest BCUT2D eigenvalue weighted by Gasteiger charge is -2.17. The zero-order valence-corrected chi connectivity index (χ0v) is 18.6. The van der Waals surface area contributed by atoms with Gasteiger partial charge in [0.05, 0.1) is 10.6 Å². The summed E-state index contributed by atoms with van der Waals surface area (Å²) in [6.45, 7) is 0. The summed E-state index contributed by atoms with van der Waals surface area (Å²) in [4.78, 5) is 0.639. The van der Waals surface area contributed by atoms with Crippen LogP contribution >= 0.6 is 11.8 Å². The largest absolute Gasteiger partial charge is 0.573 e. The predicted molar refractivity (Wildman–Crippen MR) is 122 cm³/mol. The van der Waals surface area contributed by atoms with Crippen molar-refractivity contribution in [2.45, 2.75) is 29.0 Å². The van der Waals surface area contributed by atoms with E-state index >= 15 is 0 Å². The van der Waals surface area contributed by atoms with Crippen LogP contribution in [-0.4, -0.2) is 19.9 Å². The maximum Gasteiger partial charge on any atom is 0.573 e. The molecule has 10 heteroatoms. The standard InChI is InChI=1S/C23H18F3NO4S2/c24-23(25,26)31-19-12-6-7-13-21(19)33(29,30)27-18-14-20(32-15-8-2-1-3-9-15)22(28)17-11-5-4-10-16(17)18/h2,4-14,27-28H,1,3H2. The number of hydrogen-bond donors (Lipinski definition) is 2. The minimum absolute atomic E-state index is 0.0146. The highest BCUT2D eigenvalue weighted by Crippen LogP contribution is 2.44. The Bertz CT molecular complexity index is 1370. The number of halogens is 3. The average molecular weight is 494 g/mol. The van der Waals surface area contributed by atoms with Crippen LogP contribution in [0.4, 0.5) is 18.9 Å². The van der Waals surface area contributed by atoms with Crippen LogP contribution in [0.15, 0.2) is 87.5 Å². The molecule has 0 fully saturated rings. The highest BCUT2D eigenvalue weighted by Gasteiger charge is 2.34. The Labute approximate surface area is 192 Å². The summed E-state index contributed by atoms with van der Waals surface area (Å²) >= 11 is 1.27. The Morgan fingerprint density at radius 2 is 1.70 bits per heavy atom. The van der Waals surface area contributed by atoms with Crippen molar-refractivity contribution in [3.05, 3.63) is 77.7 Å². The number of ether oxygens (including phenoxy) is 1. The first-order valence-electron chi connectivity index (χ1n) is 9.81. The van der Waals surface area contributed by atoms with Crippen LogP contribution in [0.1, 0.15) is 12.8 Å². The van der Waals surface area contributed by atoms with Crippen molar-refractivity contribution in [1.82, 2.24) is 0 Å². The van der Waals surface area contributed by atoms with E-state index in [0.717, 1.165) is 29.9 Å². The second kappa shape index (κ2) is 9.03. The number of allylic oxidation sites excluding steroid dienone is 3. The third kappa shape index (κ3) is 5.28. The van der Waals surface area contributed by atoms with Gasteiger partial charge in [0, 0.05) is 15.7 Å². The molecule has 0 unspecified atom stereocenters. The molecule has 0 spiro atoms. The van der Waals surface area contributed by atoms with Gasteiger partial charge in [-0.2, -0.15) is 0 Å². The number of benzene rings is 3. The fraction of sp³-hybridized carbons (Fsp3) is 0.130. The molecule has 1 aliphatic rings. The van der Waals surface area contributed by atoms with Gasteiger partial charge in [-0.25, -0.2) is 8.42 Å². The molecule has 0 saturated heterocycles. The molecule has 1 aliphatic carbocycles. The highest BCUT2D eigenvalue weighted by atomic mass is 32.2. The fourth-order valence-corrected chi connectivity index (χ4v) is 5.57. The minimum Gasteiger partial charge on any atom is -0.506 e. The zero-order chi connectivity index (χ0) is 23.6. The van der Waals surface area contributed by atoms with E-state index in [1.54, 1.807) is 24.3 Å². The summed E-state index contributed by atoms with van der Waals surface area (Å²) in [5.74, 6) is -0.855. The quantitative estimate of drug-likeness (QED) is 0.380. The number of thioether (sulfide) groups is 1. The molecule has 0 amide bonds. The molecular formula is C23H18F3NO4S2. The lowest BCUT2D eigenvalue weighted by atomic mass is 10.1. The average Bonchev–Trinajstić information content (AvgIpc) is 2.77. The number of aromatic hydroxyl groups is 1. The van der Waals surface area contributed by atoms with E-state index in [2.05, 4.69) is 9.46 Å². The van der Waals surface area contributed by atoms with Crippen molar-refractivity contribution < 1.29 is 31.4 Å². The van der Waals surface area contributed by atoms with Crippen LogP contribution in [0.25, 0.3) is 10.8 Å². The third-order valence-corrected chi connectivity index (χ3v) is 7.25. The number of rotatable bonds is 6. The van der Waals surface area contributed by atoms with Gasteiger partial charge < -0.3 is 9.84 Å². The van der Waals surface area contributed by atoms with Gasteiger partial charge in [-0.1, -0.05) is 66.4 Å². The van der Waals surface area contributed by atoms with Gasteiger partial charge >= 0.3 is 6.36 Å². The smallest absolute Gasteiger partial charge is 0.506 e. The summed E-state index contributed by atoms with van der Waals surface area (Å²) in [5.41, 5.74) is 0.119. The molecule has 3 aromatic carbocycles. The molecule has 2 N–H and O–H groups in total. The van der Waals surface area contributed by atoms with Gasteiger partial charge in [0.25, 0.3) is 10.0 Å². The number of sulfonamides is 1. The van der Waals surface area contributed by atoms with E-state index in [0.29, 0.717) is 15.7 Å². The Morgan fingerprint density at radius 1 is 1.00 bits per heavy atom. The number of para-hydroxylation sites is 1. The van der Waals surface area contributed by atoms with Crippen LogP contribution in [-0.2, 0) is 10.0 Å². The molecule has 4 rings (SSSR count). The molecule has 0 saturated carbocycles. The van der Waals surface area contributed by atoms with Gasteiger partial charge in [-0.05, 0) is 31.0 Å². The van der Waals surface area contributed by atoms with Crippen LogP contribution in [0, 0.1) is 0 Å². The molecule has 0 aliphatic heterocycles. The molecule has 172 valence electrons. The van der Waals surface area contributed by atoms with Crippen LogP contribution in [0.5, 0.6) is 11.5 Å². The maximum absolute atomic E-state index is 13.1. The monoisotopic (exact) mass is 493 g/mol. The number of anilines is 1. The SMILES string of the molecule is O=S(=O)(Nc1cc(SC2=CCCC=C2)c(O)c2ccccc12)c1ccccc1OC(F)(F)F. The Balaban J connectivity index is 1.78. The molecule has 0 heterocycles. The van der Waals surface area contributed by atoms with Gasteiger partial charge in [-0.3, -0.25) is 4.72 Å². The van der Waals surface area contributed by atoms with Crippen molar-refractivity contribution in [3.8, 4) is 11.5 Å². The Hall–Kier alpha value is -3.11. The van der Waals surface area contributed by atoms with Crippen molar-refractivity contribution in [3.63, 3.8) is 0 Å². The highest BCUT2D eigenvalue weighted by molar-refractivity contribution is 8.03. The zero-order valence-electron chi connectivity index (χ0n) is 17.0. The molecule has 3 aromatic rings. The molecule has 0 radical (unpaired) electrons. The first kappa shape index (κ1) is 23.1. The van der Waals surface area contributed by atoms with Crippen molar-refractivity contribution >= 4 is 38.2 Å². The molecule has 5 nitrogen and oxygen atoms in total. The molecule has 33 heavy (non-hydrogen) atoms. The first-order valence-corrected chi connectivity index (χ1v) is 12.1. The number of phenols is 1. The van der Waals surface area contributed by atoms with E-state index in [4.69, 9.17) is 0 Å². The number of phenolic OH excluding ortho intramolecular Hbond substituents is 1. The van der Waals surface area contributed by atoms with Crippen molar-refractivity contribution in [2.75, 3.05) is 4.72 Å². The molecule has 0 atom stereocenters. The van der Waals surface area contributed by atoms with E-state index in [-0.39, 0.29) is 11.4 Å². The maximum atomic E-state index is 13.1. The Kier molecular flexibility index (Phi) is 6.31. The topological polar surface area (TPSA) is 75.6 Å². The molecular weight excluding hydrogens is 475 g/mol. The third-order valence-electron chi connectivity index (χ3n) is 4.78. The first-order chi connectivity index (χ1) is 15.6. The van der Waals surface area contributed by atoms with E-state index < -0.39 is 27.0 Å². The molecule has 0 aromatic heterocycles. The van der Waals surface area contributed by atoms with Crippen molar-refractivity contribution in [1.29, 1.82) is 0 Å². The summed E-state index contributed by atoms with van der Waals surface area (Å²) in [7, 11) is -4.47. The van der Waals surface area contributed by atoms with Crippen LogP contribution in [0.3, 0.4) is 0 Å². The normalized spacial score (nSPS) is 14.2. The van der Waals surface area contributed by atoms with Gasteiger partial charge in [0.15, 0.2) is 0 Å². The summed E-state index contributed by atoms with van der Waals surface area (Å²) in [5, 5.41) is 11.6. The lowest BCUT2D eigenvalue weighted by molar-refractivity contribution is -0.275. The van der Waals surface area contributed by atoms with E-state index in [1.807, 2.05) is 18.2 Å². The van der Waals surface area contributed by atoms with E-state index in [1.165, 1.54) is 30.0 Å². The fourth-order valence-electron chi connectivity index (χ4n) is 3.37. The number of alkyl halides is 3.